The maximum Gasteiger partial charge on any atom is 0.408 e. The molecule has 1 aromatic heterocycles. The predicted molar refractivity (Wildman–Crippen MR) is 116 cm³/mol. The Morgan fingerprint density at radius 3 is 2.55 bits per heavy atom. The monoisotopic (exact) mass is 406 g/mol. The van der Waals surface area contributed by atoms with Crippen molar-refractivity contribution in [3.05, 3.63) is 18.0 Å². The predicted octanol–water partition coefficient (Wildman–Crippen LogP) is 2.87. The lowest BCUT2D eigenvalue weighted by Crippen LogP contribution is -2.57. The fourth-order valence-corrected chi connectivity index (χ4v) is 3.70. The lowest BCUT2D eigenvalue weighted by Gasteiger charge is -2.35. The molecule has 1 aliphatic heterocycles. The Balaban J connectivity index is 1.97. The van der Waals surface area contributed by atoms with Crippen molar-refractivity contribution in [3.8, 4) is 0 Å². The first-order valence-corrected chi connectivity index (χ1v) is 10.6. The van der Waals surface area contributed by atoms with E-state index in [-0.39, 0.29) is 11.6 Å². The summed E-state index contributed by atoms with van der Waals surface area (Å²) in [5.74, 6) is 1.33. The average molecular weight is 407 g/mol. The summed E-state index contributed by atoms with van der Waals surface area (Å²) in [5, 5.41) is 10.9. The van der Waals surface area contributed by atoms with Gasteiger partial charge in [-0.05, 0) is 45.6 Å². The molecule has 0 aromatic carbocycles. The second kappa shape index (κ2) is 9.50. The molecule has 29 heavy (non-hydrogen) atoms. The van der Waals surface area contributed by atoms with Crippen LogP contribution in [0, 0.1) is 0 Å². The fraction of sp³-hybridized carbons (Fsp3) is 0.762. The molecule has 0 spiro atoms. The topological polar surface area (TPSA) is 83.8 Å². The van der Waals surface area contributed by atoms with Crippen molar-refractivity contribution in [2.75, 3.05) is 26.7 Å². The smallest absolute Gasteiger partial charge is 0.408 e. The van der Waals surface area contributed by atoms with Crippen LogP contribution in [-0.4, -0.2) is 64.6 Å². The number of carbonyl (C=O) groups is 1. The summed E-state index contributed by atoms with van der Waals surface area (Å²) in [7, 11) is 3.75. The summed E-state index contributed by atoms with van der Waals surface area (Å²) in [4.78, 5) is 19.1. The Bertz CT molecular complexity index is 702. The number of amides is 1. The number of nitrogens with one attached hydrogen (secondary N) is 2. The van der Waals surface area contributed by atoms with E-state index in [1.165, 1.54) is 5.56 Å². The van der Waals surface area contributed by atoms with Crippen molar-refractivity contribution in [1.29, 1.82) is 0 Å². The molecule has 1 fully saturated rings. The number of ether oxygens (including phenoxy) is 1. The van der Waals surface area contributed by atoms with Crippen LogP contribution in [0.2, 0.25) is 0 Å². The lowest BCUT2D eigenvalue weighted by molar-refractivity contribution is 0.0448. The van der Waals surface area contributed by atoms with E-state index in [1.54, 1.807) is 7.05 Å². The van der Waals surface area contributed by atoms with Crippen LogP contribution in [-0.2, 0) is 11.8 Å². The zero-order valence-corrected chi connectivity index (χ0v) is 19.1. The number of aromatic nitrogens is 2. The van der Waals surface area contributed by atoms with Crippen LogP contribution in [0.3, 0.4) is 0 Å². The highest BCUT2D eigenvalue weighted by Gasteiger charge is 2.32. The highest BCUT2D eigenvalue weighted by Crippen LogP contribution is 2.27. The number of likely N-dealkylation sites (tertiary alicyclic amines) is 1. The maximum atomic E-state index is 12.4. The van der Waals surface area contributed by atoms with Gasteiger partial charge in [0.1, 0.15) is 5.60 Å². The zero-order chi connectivity index (χ0) is 21.7. The first-order valence-electron chi connectivity index (χ1n) is 10.6. The van der Waals surface area contributed by atoms with E-state index in [2.05, 4.69) is 45.7 Å². The number of hydrogen-bond donors (Lipinski definition) is 2. The molecule has 0 radical (unpaired) electrons. The highest BCUT2D eigenvalue weighted by molar-refractivity contribution is 5.80. The van der Waals surface area contributed by atoms with Crippen LogP contribution in [0.15, 0.2) is 17.4 Å². The normalized spacial score (nSPS) is 18.1. The van der Waals surface area contributed by atoms with Crippen molar-refractivity contribution in [3.63, 3.8) is 0 Å². The zero-order valence-electron chi connectivity index (χ0n) is 19.1. The minimum absolute atomic E-state index is 0.379. The van der Waals surface area contributed by atoms with Crippen LogP contribution in [0.4, 0.5) is 4.79 Å². The number of hydrogen-bond acceptors (Lipinski definition) is 4. The SMILES string of the molecule is CCC(CC)(CNC(=NC)N1CCC(c2cnn(C)c2)C1)NC(=O)OC(C)(C)C. The molecule has 8 heteroatoms. The molecule has 1 saturated heterocycles. The summed E-state index contributed by atoms with van der Waals surface area (Å²) in [5.41, 5.74) is 0.367. The van der Waals surface area contributed by atoms with Crippen LogP contribution < -0.4 is 10.6 Å². The molecule has 1 unspecified atom stereocenters. The van der Waals surface area contributed by atoms with E-state index >= 15 is 0 Å². The second-order valence-electron chi connectivity index (χ2n) is 8.89. The number of alkyl carbamates (subject to hydrolysis) is 1. The molecular weight excluding hydrogens is 368 g/mol. The Hall–Kier alpha value is -2.25. The quantitative estimate of drug-likeness (QED) is 0.561. The summed E-state index contributed by atoms with van der Waals surface area (Å²) in [6.07, 6.45) is 6.34. The van der Waals surface area contributed by atoms with Crippen molar-refractivity contribution >= 4 is 12.1 Å². The van der Waals surface area contributed by atoms with Gasteiger partial charge in [0, 0.05) is 45.8 Å². The molecule has 1 atom stereocenters. The van der Waals surface area contributed by atoms with Gasteiger partial charge in [0.2, 0.25) is 0 Å². The lowest BCUT2D eigenvalue weighted by atomic mass is 9.93. The molecule has 1 aliphatic rings. The molecule has 1 amide bonds. The summed E-state index contributed by atoms with van der Waals surface area (Å²) in [6.45, 7) is 12.2. The van der Waals surface area contributed by atoms with E-state index in [4.69, 9.17) is 4.74 Å². The minimum atomic E-state index is -0.516. The van der Waals surface area contributed by atoms with Crippen LogP contribution >= 0.6 is 0 Å². The van der Waals surface area contributed by atoms with Crippen molar-refractivity contribution < 1.29 is 9.53 Å². The standard InChI is InChI=1S/C21H38N6O2/c1-8-21(9-2,25-19(28)29-20(3,4)5)15-23-18(22-6)27-11-10-16(14-27)17-12-24-26(7)13-17/h12-13,16H,8-11,14-15H2,1-7H3,(H,22,23)(H,25,28). The van der Waals surface area contributed by atoms with Crippen LogP contribution in [0.25, 0.3) is 0 Å². The van der Waals surface area contributed by atoms with Gasteiger partial charge in [0.05, 0.1) is 11.7 Å². The molecule has 2 N–H and O–H groups in total. The summed E-state index contributed by atoms with van der Waals surface area (Å²) < 4.78 is 7.32. The summed E-state index contributed by atoms with van der Waals surface area (Å²) in [6, 6.07) is 0. The number of rotatable bonds is 6. The van der Waals surface area contributed by atoms with Crippen molar-refractivity contribution in [2.24, 2.45) is 12.0 Å². The first-order chi connectivity index (χ1) is 13.6. The third-order valence-corrected chi connectivity index (χ3v) is 5.60. The number of aryl methyl sites for hydroxylation is 1. The first kappa shape index (κ1) is 23.0. The molecule has 1 aromatic rings. The third kappa shape index (κ3) is 6.37. The van der Waals surface area contributed by atoms with E-state index < -0.39 is 5.60 Å². The minimum Gasteiger partial charge on any atom is -0.444 e. The van der Waals surface area contributed by atoms with E-state index in [1.807, 2.05) is 38.7 Å². The van der Waals surface area contributed by atoms with Gasteiger partial charge >= 0.3 is 6.09 Å². The second-order valence-corrected chi connectivity index (χ2v) is 8.89. The van der Waals surface area contributed by atoms with Gasteiger partial charge in [0.25, 0.3) is 0 Å². The van der Waals surface area contributed by atoms with E-state index in [9.17, 15) is 4.79 Å². The number of guanidine groups is 1. The van der Waals surface area contributed by atoms with Crippen LogP contribution in [0.1, 0.15) is 65.4 Å². The van der Waals surface area contributed by atoms with Gasteiger partial charge < -0.3 is 20.3 Å². The Labute approximate surface area is 175 Å². The molecule has 0 aliphatic carbocycles. The van der Waals surface area contributed by atoms with Gasteiger partial charge in [-0.25, -0.2) is 4.79 Å². The largest absolute Gasteiger partial charge is 0.444 e. The van der Waals surface area contributed by atoms with Crippen molar-refractivity contribution in [2.45, 2.75) is 70.9 Å². The highest BCUT2D eigenvalue weighted by atomic mass is 16.6. The third-order valence-electron chi connectivity index (χ3n) is 5.60. The van der Waals surface area contributed by atoms with Gasteiger partial charge in [-0.15, -0.1) is 0 Å². The molecular formula is C21H38N6O2. The van der Waals surface area contributed by atoms with Gasteiger partial charge in [0.15, 0.2) is 5.96 Å². The van der Waals surface area contributed by atoms with E-state index in [0.717, 1.165) is 38.3 Å². The van der Waals surface area contributed by atoms with Gasteiger partial charge in [-0.3, -0.25) is 9.67 Å². The molecule has 0 bridgehead atoms. The molecule has 2 heterocycles. The Morgan fingerprint density at radius 1 is 1.34 bits per heavy atom. The van der Waals surface area contributed by atoms with Crippen LogP contribution in [0.5, 0.6) is 0 Å². The fourth-order valence-electron chi connectivity index (χ4n) is 3.70. The number of carbonyl (C=O) groups excluding carboxylic acids is 1. The average Bonchev–Trinajstić information content (AvgIpc) is 3.29. The number of aliphatic imine (C=N–C) groups is 1. The molecule has 0 saturated carbocycles. The summed E-state index contributed by atoms with van der Waals surface area (Å²) >= 11 is 0. The van der Waals surface area contributed by atoms with E-state index in [0.29, 0.717) is 12.5 Å². The van der Waals surface area contributed by atoms with Gasteiger partial charge in [-0.2, -0.15) is 5.10 Å². The molecule has 2 rings (SSSR count). The number of nitrogens with zero attached hydrogens (tertiary/aromatic N) is 4. The Morgan fingerprint density at radius 2 is 2.03 bits per heavy atom. The maximum absolute atomic E-state index is 12.4. The molecule has 164 valence electrons. The Kier molecular flexibility index (Phi) is 7.54. The van der Waals surface area contributed by atoms with Crippen molar-refractivity contribution in [1.82, 2.24) is 25.3 Å². The molecule has 8 nitrogen and oxygen atoms in total. The van der Waals surface area contributed by atoms with Gasteiger partial charge in [-0.1, -0.05) is 13.8 Å².